The lowest BCUT2D eigenvalue weighted by Crippen LogP contribution is -2.12. The second kappa shape index (κ2) is 8.31. The molecule has 0 amide bonds. The van der Waals surface area contributed by atoms with E-state index in [1.54, 1.807) is 30.8 Å². The number of alkyl halides is 1. The van der Waals surface area contributed by atoms with Gasteiger partial charge in [0.05, 0.1) is 18.4 Å². The molecule has 0 saturated carbocycles. The Bertz CT molecular complexity index is 699. The molecule has 0 saturated heterocycles. The average Bonchev–Trinajstić information content (AvgIpc) is 2.56. The van der Waals surface area contributed by atoms with Gasteiger partial charge in [-0.3, -0.25) is 9.59 Å². The van der Waals surface area contributed by atoms with Crippen LogP contribution in [0.25, 0.3) is 0 Å². The fourth-order valence-electron chi connectivity index (χ4n) is 2.04. The van der Waals surface area contributed by atoms with Crippen LogP contribution >= 0.6 is 27.7 Å². The van der Waals surface area contributed by atoms with E-state index in [-0.39, 0.29) is 23.0 Å². The second-order valence-electron chi connectivity index (χ2n) is 4.97. The molecule has 0 spiro atoms. The van der Waals surface area contributed by atoms with E-state index in [1.807, 2.05) is 36.4 Å². The van der Waals surface area contributed by atoms with Gasteiger partial charge < -0.3 is 4.74 Å². The summed E-state index contributed by atoms with van der Waals surface area (Å²) in [5.74, 6) is -0.330. The monoisotopic (exact) mass is 392 g/mol. The molecule has 0 bridgehead atoms. The van der Waals surface area contributed by atoms with Crippen molar-refractivity contribution in [3.05, 3.63) is 59.7 Å². The third-order valence-electron chi connectivity index (χ3n) is 3.24. The molecule has 3 nitrogen and oxygen atoms in total. The first kappa shape index (κ1) is 17.8. The Morgan fingerprint density at radius 2 is 1.87 bits per heavy atom. The maximum absolute atomic E-state index is 12.2. The number of esters is 1. The van der Waals surface area contributed by atoms with Crippen molar-refractivity contribution in [3.63, 3.8) is 0 Å². The molecule has 0 heterocycles. The zero-order valence-corrected chi connectivity index (χ0v) is 15.3. The molecule has 2 aromatic rings. The van der Waals surface area contributed by atoms with Crippen molar-refractivity contribution in [2.24, 2.45) is 0 Å². The Morgan fingerprint density at radius 3 is 2.48 bits per heavy atom. The lowest BCUT2D eigenvalue weighted by molar-refractivity contribution is -0.139. The van der Waals surface area contributed by atoms with E-state index in [4.69, 9.17) is 4.74 Å². The van der Waals surface area contributed by atoms with E-state index in [9.17, 15) is 9.59 Å². The van der Waals surface area contributed by atoms with Crippen LogP contribution in [0.15, 0.2) is 58.3 Å². The van der Waals surface area contributed by atoms with Gasteiger partial charge in [-0.05, 0) is 36.8 Å². The molecule has 0 aliphatic rings. The first-order valence-corrected chi connectivity index (χ1v) is 8.85. The van der Waals surface area contributed by atoms with Crippen LogP contribution in [0.5, 0.6) is 0 Å². The summed E-state index contributed by atoms with van der Waals surface area (Å²) in [4.78, 5) is 25.6. The number of Topliss-reactive ketones (excluding diaryl/α,β-unsaturated/α-hetero) is 1. The van der Waals surface area contributed by atoms with Crippen LogP contribution in [0.1, 0.15) is 22.8 Å². The lowest BCUT2D eigenvalue weighted by Gasteiger charge is -2.11. The van der Waals surface area contributed by atoms with Crippen LogP contribution in [0.4, 0.5) is 0 Å². The van der Waals surface area contributed by atoms with Gasteiger partial charge in [0.1, 0.15) is 0 Å². The van der Waals surface area contributed by atoms with Gasteiger partial charge in [0, 0.05) is 15.4 Å². The van der Waals surface area contributed by atoms with Gasteiger partial charge in [0.15, 0.2) is 5.78 Å². The van der Waals surface area contributed by atoms with Crippen molar-refractivity contribution in [2.45, 2.75) is 28.0 Å². The van der Waals surface area contributed by atoms with Gasteiger partial charge in [0.2, 0.25) is 0 Å². The number of halogens is 1. The van der Waals surface area contributed by atoms with Crippen molar-refractivity contribution in [1.82, 2.24) is 0 Å². The predicted molar refractivity (Wildman–Crippen MR) is 95.4 cm³/mol. The van der Waals surface area contributed by atoms with Gasteiger partial charge >= 0.3 is 5.97 Å². The third-order valence-corrected chi connectivity index (χ3v) is 4.78. The molecule has 2 rings (SSSR count). The minimum Gasteiger partial charge on any atom is -0.469 e. The van der Waals surface area contributed by atoms with Crippen molar-refractivity contribution < 1.29 is 14.3 Å². The zero-order valence-electron chi connectivity index (χ0n) is 12.9. The van der Waals surface area contributed by atoms with Crippen LogP contribution in [-0.4, -0.2) is 23.7 Å². The highest BCUT2D eigenvalue weighted by molar-refractivity contribution is 9.10. The van der Waals surface area contributed by atoms with Crippen molar-refractivity contribution in [2.75, 3.05) is 7.11 Å². The first-order chi connectivity index (χ1) is 11.0. The second-order valence-corrected chi connectivity index (χ2v) is 7.46. The van der Waals surface area contributed by atoms with E-state index in [1.165, 1.54) is 7.11 Å². The van der Waals surface area contributed by atoms with E-state index in [0.717, 1.165) is 15.4 Å². The molecule has 0 aliphatic carbocycles. The maximum Gasteiger partial charge on any atom is 0.310 e. The molecule has 5 heteroatoms. The van der Waals surface area contributed by atoms with Crippen LogP contribution in [0.3, 0.4) is 0 Å². The largest absolute Gasteiger partial charge is 0.469 e. The number of hydrogen-bond acceptors (Lipinski definition) is 4. The summed E-state index contributed by atoms with van der Waals surface area (Å²) in [6.07, 6.45) is 0.142. The highest BCUT2D eigenvalue weighted by atomic mass is 79.9. The molecule has 0 fully saturated rings. The number of ether oxygens (including phenoxy) is 1. The predicted octanol–water partition coefficient (Wildman–Crippen LogP) is 4.52. The topological polar surface area (TPSA) is 43.4 Å². The van der Waals surface area contributed by atoms with E-state index < -0.39 is 0 Å². The molecular weight excluding hydrogens is 376 g/mol. The summed E-state index contributed by atoms with van der Waals surface area (Å²) in [5, 5.41) is 0. The molecule has 120 valence electrons. The maximum atomic E-state index is 12.2. The summed E-state index contributed by atoms with van der Waals surface area (Å²) >= 11 is 4.86. The van der Waals surface area contributed by atoms with Gasteiger partial charge in [-0.25, -0.2) is 0 Å². The standard InChI is InChI=1S/C18H17BrO3S/c1-12(19)18(21)13-8-9-16(14(10-13)11-17(20)22-2)23-15-6-4-3-5-7-15/h3-10,12H,11H2,1-2H3. The SMILES string of the molecule is COC(=O)Cc1cc(C(=O)C(C)Br)ccc1Sc1ccccc1. The van der Waals surface area contributed by atoms with Crippen molar-refractivity contribution in [3.8, 4) is 0 Å². The third kappa shape index (κ3) is 4.94. The van der Waals surface area contributed by atoms with Crippen LogP contribution in [-0.2, 0) is 16.0 Å². The minimum absolute atomic E-state index is 0.00706. The van der Waals surface area contributed by atoms with Gasteiger partial charge in [0.25, 0.3) is 0 Å². The van der Waals surface area contributed by atoms with Crippen molar-refractivity contribution in [1.29, 1.82) is 0 Å². The highest BCUT2D eigenvalue weighted by Gasteiger charge is 2.16. The normalized spacial score (nSPS) is 11.8. The zero-order chi connectivity index (χ0) is 16.8. The van der Waals surface area contributed by atoms with Crippen molar-refractivity contribution >= 4 is 39.4 Å². The average molecular weight is 393 g/mol. The quantitative estimate of drug-likeness (QED) is 0.411. The van der Waals surface area contributed by atoms with Gasteiger partial charge in [-0.1, -0.05) is 52.0 Å². The molecule has 0 radical (unpaired) electrons. The molecule has 1 atom stereocenters. The number of rotatable bonds is 6. The number of benzene rings is 2. The number of hydrogen-bond donors (Lipinski definition) is 0. The fourth-order valence-corrected chi connectivity index (χ4v) is 3.25. The Labute approximate surface area is 148 Å². The number of ketones is 1. The fraction of sp³-hybridized carbons (Fsp3) is 0.222. The van der Waals surface area contributed by atoms with Crippen LogP contribution in [0, 0.1) is 0 Å². The van der Waals surface area contributed by atoms with E-state index >= 15 is 0 Å². The van der Waals surface area contributed by atoms with Gasteiger partial charge in [-0.2, -0.15) is 0 Å². The highest BCUT2D eigenvalue weighted by Crippen LogP contribution is 2.31. The van der Waals surface area contributed by atoms with Crippen LogP contribution in [0.2, 0.25) is 0 Å². The number of methoxy groups -OCH3 is 1. The van der Waals surface area contributed by atoms with Gasteiger partial charge in [-0.15, -0.1) is 0 Å². The van der Waals surface area contributed by atoms with E-state index in [2.05, 4.69) is 15.9 Å². The Balaban J connectivity index is 2.36. The number of carbonyl (C=O) groups excluding carboxylic acids is 2. The molecule has 23 heavy (non-hydrogen) atoms. The number of carbonyl (C=O) groups is 2. The van der Waals surface area contributed by atoms with Crippen LogP contribution < -0.4 is 0 Å². The molecule has 0 N–H and O–H groups in total. The van der Waals surface area contributed by atoms with E-state index in [0.29, 0.717) is 5.56 Å². The smallest absolute Gasteiger partial charge is 0.310 e. The summed E-state index contributed by atoms with van der Waals surface area (Å²) in [6.45, 7) is 1.79. The minimum atomic E-state index is -0.323. The summed E-state index contributed by atoms with van der Waals surface area (Å²) < 4.78 is 4.76. The molecule has 1 unspecified atom stereocenters. The molecular formula is C18H17BrO3S. The molecule has 0 aromatic heterocycles. The molecule has 0 aliphatic heterocycles. The Hall–Kier alpha value is -1.59. The summed E-state index contributed by atoms with van der Waals surface area (Å²) in [5.41, 5.74) is 1.38. The lowest BCUT2D eigenvalue weighted by atomic mass is 10.0. The summed E-state index contributed by atoms with van der Waals surface area (Å²) in [7, 11) is 1.36. The Kier molecular flexibility index (Phi) is 6.42. The molecule has 2 aromatic carbocycles. The first-order valence-electron chi connectivity index (χ1n) is 7.12. The summed E-state index contributed by atoms with van der Waals surface area (Å²) in [6, 6.07) is 15.4. The Morgan fingerprint density at radius 1 is 1.17 bits per heavy atom.